The molecule has 0 aliphatic heterocycles. The first kappa shape index (κ1) is 15.6. The van der Waals surface area contributed by atoms with Crippen molar-refractivity contribution < 1.29 is 17.6 Å². The van der Waals surface area contributed by atoms with Crippen LogP contribution in [0, 0.1) is 5.82 Å². The van der Waals surface area contributed by atoms with Gasteiger partial charge >= 0.3 is 6.18 Å². The maximum absolute atomic E-state index is 13.9. The van der Waals surface area contributed by atoms with Crippen molar-refractivity contribution in [3.05, 3.63) is 35.9 Å². The van der Waals surface area contributed by atoms with E-state index >= 15 is 0 Å². The van der Waals surface area contributed by atoms with Crippen LogP contribution in [-0.4, -0.2) is 22.4 Å². The minimum atomic E-state index is -4.62. The van der Waals surface area contributed by atoms with Gasteiger partial charge in [-0.05, 0) is 25.1 Å². The fourth-order valence-electron chi connectivity index (χ4n) is 1.68. The van der Waals surface area contributed by atoms with Gasteiger partial charge in [0.15, 0.2) is 0 Å². The van der Waals surface area contributed by atoms with Gasteiger partial charge in [0.05, 0.1) is 5.69 Å². The summed E-state index contributed by atoms with van der Waals surface area (Å²) in [6.45, 7) is 0.583. The largest absolute Gasteiger partial charge is 0.452 e. The van der Waals surface area contributed by atoms with Gasteiger partial charge in [-0.1, -0.05) is 12.1 Å². The van der Waals surface area contributed by atoms with Crippen molar-refractivity contribution in [2.75, 3.05) is 18.0 Å². The number of hydrogen-bond acceptors (Lipinski definition) is 5. The molecule has 0 fully saturated rings. The summed E-state index contributed by atoms with van der Waals surface area (Å²) in [6.07, 6.45) is -4.14. The van der Waals surface area contributed by atoms with Gasteiger partial charge in [-0.25, -0.2) is 4.39 Å². The van der Waals surface area contributed by atoms with Crippen LogP contribution in [0.25, 0.3) is 0 Å². The van der Waals surface area contributed by atoms with Gasteiger partial charge in [0.25, 0.3) is 0 Å². The van der Waals surface area contributed by atoms with E-state index in [0.29, 0.717) is 24.5 Å². The van der Waals surface area contributed by atoms with E-state index in [9.17, 15) is 17.6 Å². The lowest BCUT2D eigenvalue weighted by atomic mass is 10.2. The van der Waals surface area contributed by atoms with Crippen LogP contribution in [0.4, 0.5) is 28.4 Å². The zero-order valence-corrected chi connectivity index (χ0v) is 11.6. The molecule has 2 aromatic rings. The van der Waals surface area contributed by atoms with Crippen LogP contribution in [0.2, 0.25) is 0 Å². The van der Waals surface area contributed by atoms with E-state index in [-0.39, 0.29) is 17.4 Å². The molecule has 4 nitrogen and oxygen atoms in total. The first-order valence-corrected chi connectivity index (χ1v) is 6.84. The standard InChI is InChI=1S/C12H12F4N4S/c13-8-4-1-2-5-9(8)20(7-3-6-17)11-18-10(19-21-11)12(14,15)16/h1-2,4-5H,3,6-7,17H2. The van der Waals surface area contributed by atoms with Crippen molar-refractivity contribution in [2.45, 2.75) is 12.6 Å². The molecule has 0 bridgehead atoms. The third kappa shape index (κ3) is 3.67. The van der Waals surface area contributed by atoms with Crippen LogP contribution in [-0.2, 0) is 6.18 Å². The normalized spacial score (nSPS) is 11.7. The van der Waals surface area contributed by atoms with E-state index in [2.05, 4.69) is 9.36 Å². The number of halogens is 4. The summed E-state index contributed by atoms with van der Waals surface area (Å²) in [5.41, 5.74) is 5.56. The van der Waals surface area contributed by atoms with E-state index in [1.807, 2.05) is 0 Å². The number of alkyl halides is 3. The van der Waals surface area contributed by atoms with Crippen LogP contribution in [0.3, 0.4) is 0 Å². The number of nitrogens with two attached hydrogens (primary N) is 1. The average Bonchev–Trinajstić information content (AvgIpc) is 2.91. The molecule has 1 aromatic carbocycles. The molecule has 0 aliphatic carbocycles. The molecule has 0 saturated heterocycles. The molecular formula is C12H12F4N4S. The first-order valence-electron chi connectivity index (χ1n) is 6.06. The zero-order valence-electron chi connectivity index (χ0n) is 10.8. The number of nitrogens with zero attached hydrogens (tertiary/aromatic N) is 3. The van der Waals surface area contributed by atoms with Crippen LogP contribution in [0.5, 0.6) is 0 Å². The first-order chi connectivity index (χ1) is 9.93. The molecule has 1 aromatic heterocycles. The molecule has 9 heteroatoms. The van der Waals surface area contributed by atoms with Gasteiger partial charge in [0.2, 0.25) is 11.0 Å². The molecule has 2 N–H and O–H groups in total. The van der Waals surface area contributed by atoms with Gasteiger partial charge in [0, 0.05) is 18.1 Å². The lowest BCUT2D eigenvalue weighted by molar-refractivity contribution is -0.144. The van der Waals surface area contributed by atoms with E-state index < -0.39 is 17.8 Å². The summed E-state index contributed by atoms with van der Waals surface area (Å²) in [5.74, 6) is -1.77. The second-order valence-electron chi connectivity index (χ2n) is 4.14. The molecular weight excluding hydrogens is 308 g/mol. The molecule has 2 rings (SSSR count). The van der Waals surface area contributed by atoms with Gasteiger partial charge in [-0.3, -0.25) is 0 Å². The molecule has 0 saturated carbocycles. The van der Waals surface area contributed by atoms with Crippen molar-refractivity contribution in [2.24, 2.45) is 5.73 Å². The fraction of sp³-hybridized carbons (Fsp3) is 0.333. The van der Waals surface area contributed by atoms with Gasteiger partial charge in [-0.2, -0.15) is 22.5 Å². The summed E-state index contributed by atoms with van der Waals surface area (Å²) in [7, 11) is 0. The van der Waals surface area contributed by atoms with Crippen LogP contribution in [0.1, 0.15) is 12.2 Å². The monoisotopic (exact) mass is 320 g/mol. The summed E-state index contributed by atoms with van der Waals surface area (Å²) in [5, 5.41) is -0.0131. The predicted octanol–water partition coefficient (Wildman–Crippen LogP) is 3.18. The van der Waals surface area contributed by atoms with Crippen molar-refractivity contribution >= 4 is 22.4 Å². The smallest absolute Gasteiger partial charge is 0.330 e. The highest BCUT2D eigenvalue weighted by Gasteiger charge is 2.36. The number of anilines is 2. The summed E-state index contributed by atoms with van der Waals surface area (Å²) < 4.78 is 54.8. The summed E-state index contributed by atoms with van der Waals surface area (Å²) in [4.78, 5) is 4.81. The Kier molecular flexibility index (Phi) is 4.73. The second kappa shape index (κ2) is 6.35. The Balaban J connectivity index is 2.37. The van der Waals surface area contributed by atoms with Crippen LogP contribution >= 0.6 is 11.5 Å². The highest BCUT2D eigenvalue weighted by atomic mass is 32.1. The highest BCUT2D eigenvalue weighted by Crippen LogP contribution is 2.34. The van der Waals surface area contributed by atoms with Gasteiger partial charge in [0.1, 0.15) is 5.82 Å². The lowest BCUT2D eigenvalue weighted by Crippen LogP contribution is -2.22. The van der Waals surface area contributed by atoms with E-state index in [1.165, 1.54) is 23.1 Å². The molecule has 0 aliphatic rings. The molecule has 0 spiro atoms. The maximum atomic E-state index is 13.9. The fourth-order valence-corrected chi connectivity index (χ4v) is 2.41. The SMILES string of the molecule is NCCCN(c1nc(C(F)(F)F)ns1)c1ccccc1F. The van der Waals surface area contributed by atoms with Gasteiger partial charge in [-0.15, -0.1) is 0 Å². The Bertz CT molecular complexity index is 599. The number of hydrogen-bond donors (Lipinski definition) is 1. The van der Waals surface area contributed by atoms with Crippen molar-refractivity contribution in [3.8, 4) is 0 Å². The molecule has 0 radical (unpaired) electrons. The molecule has 21 heavy (non-hydrogen) atoms. The zero-order chi connectivity index (χ0) is 15.5. The topological polar surface area (TPSA) is 55.0 Å². The van der Waals surface area contributed by atoms with Crippen molar-refractivity contribution in [1.82, 2.24) is 9.36 Å². The Morgan fingerprint density at radius 3 is 2.52 bits per heavy atom. The van der Waals surface area contributed by atoms with E-state index in [1.54, 1.807) is 6.07 Å². The molecule has 0 atom stereocenters. The maximum Gasteiger partial charge on any atom is 0.452 e. The van der Waals surface area contributed by atoms with Crippen LogP contribution in [0.15, 0.2) is 24.3 Å². The molecule has 0 unspecified atom stereocenters. The number of para-hydroxylation sites is 1. The number of rotatable bonds is 5. The van der Waals surface area contributed by atoms with E-state index in [0.717, 1.165) is 0 Å². The average molecular weight is 320 g/mol. The summed E-state index contributed by atoms with van der Waals surface area (Å²) in [6, 6.07) is 5.80. The minimum absolute atomic E-state index is 0.0131. The minimum Gasteiger partial charge on any atom is -0.330 e. The third-order valence-corrected chi connectivity index (χ3v) is 3.37. The molecule has 0 amide bonds. The number of aromatic nitrogens is 2. The van der Waals surface area contributed by atoms with Gasteiger partial charge < -0.3 is 10.6 Å². The molecule has 1 heterocycles. The molecule has 114 valence electrons. The second-order valence-corrected chi connectivity index (χ2v) is 4.87. The Morgan fingerprint density at radius 1 is 1.24 bits per heavy atom. The van der Waals surface area contributed by atoms with E-state index in [4.69, 9.17) is 5.73 Å². The number of benzene rings is 1. The Labute approximate surface area is 122 Å². The Hall–Kier alpha value is -1.74. The summed E-state index contributed by atoms with van der Waals surface area (Å²) >= 11 is 0.576. The van der Waals surface area contributed by atoms with Crippen molar-refractivity contribution in [3.63, 3.8) is 0 Å². The third-order valence-electron chi connectivity index (χ3n) is 2.63. The highest BCUT2D eigenvalue weighted by molar-refractivity contribution is 7.09. The Morgan fingerprint density at radius 2 is 1.95 bits per heavy atom. The van der Waals surface area contributed by atoms with Crippen molar-refractivity contribution in [1.29, 1.82) is 0 Å². The lowest BCUT2D eigenvalue weighted by Gasteiger charge is -2.21. The van der Waals surface area contributed by atoms with Crippen LogP contribution < -0.4 is 10.6 Å². The quantitative estimate of drug-likeness (QED) is 0.860. The predicted molar refractivity (Wildman–Crippen MR) is 72.0 cm³/mol.